The van der Waals surface area contributed by atoms with Crippen molar-refractivity contribution in [3.05, 3.63) is 64.8 Å². The Kier molecular flexibility index (Phi) is 5.39. The van der Waals surface area contributed by atoms with Crippen LogP contribution in [0, 0.1) is 0 Å². The van der Waals surface area contributed by atoms with Crippen LogP contribution in [0.25, 0.3) is 17.0 Å². The summed E-state index contributed by atoms with van der Waals surface area (Å²) in [4.78, 5) is 30.8. The van der Waals surface area contributed by atoms with Crippen molar-refractivity contribution in [2.45, 2.75) is 37.8 Å². The van der Waals surface area contributed by atoms with Gasteiger partial charge in [-0.2, -0.15) is 13.2 Å². The molecular weight excluding hydrogens is 483 g/mol. The maximum atomic E-state index is 13.0. The van der Waals surface area contributed by atoms with Crippen LogP contribution in [0.4, 0.5) is 24.8 Å². The lowest BCUT2D eigenvalue weighted by Gasteiger charge is -2.22. The van der Waals surface area contributed by atoms with E-state index in [1.807, 2.05) is 0 Å². The topological polar surface area (TPSA) is 111 Å². The fraction of sp³-hybridized carbons (Fsp3) is 0.261. The van der Waals surface area contributed by atoms with Crippen LogP contribution in [0.5, 0.6) is 0 Å². The van der Waals surface area contributed by atoms with Crippen LogP contribution in [-0.2, 0) is 16.6 Å². The van der Waals surface area contributed by atoms with E-state index in [1.165, 1.54) is 0 Å². The number of hydrogen-bond acceptors (Lipinski definition) is 6. The van der Waals surface area contributed by atoms with Gasteiger partial charge >= 0.3 is 6.18 Å². The molecule has 180 valence electrons. The Bertz CT molecular complexity index is 1460. The number of anilines is 2. The molecule has 0 aromatic carbocycles. The maximum Gasteiger partial charge on any atom is 0.389 e. The van der Waals surface area contributed by atoms with E-state index in [1.54, 1.807) is 54.0 Å². The molecule has 4 aromatic heterocycles. The van der Waals surface area contributed by atoms with Gasteiger partial charge in [0.2, 0.25) is 5.91 Å². The number of nitrogens with one attached hydrogen (secondary N) is 1. The standard InChI is InChI=1S/C23H19ClF3N7O/c1-22(14-5-2-3-10-29-14)16-18(28)31-20(32-19(16)33-21(22)35)17-13-8-7-12(24)11-34(13)15(30-17)6-4-9-23(25,26)27/h2-3,5,7-8,10-11H,4,6,9H2,1H3,(H3,28,31,32,33,35). The monoisotopic (exact) mass is 501 g/mol. The molecule has 0 radical (unpaired) electrons. The van der Waals surface area contributed by atoms with Crippen molar-refractivity contribution >= 4 is 34.7 Å². The predicted molar refractivity (Wildman–Crippen MR) is 124 cm³/mol. The Morgan fingerprint density at radius 2 is 1.97 bits per heavy atom. The second kappa shape index (κ2) is 8.19. The Labute approximate surface area is 202 Å². The molecule has 0 fully saturated rings. The first-order chi connectivity index (χ1) is 16.6. The lowest BCUT2D eigenvalue weighted by molar-refractivity contribution is -0.135. The summed E-state index contributed by atoms with van der Waals surface area (Å²) < 4.78 is 39.6. The Morgan fingerprint density at radius 3 is 2.69 bits per heavy atom. The van der Waals surface area contributed by atoms with E-state index in [0.717, 1.165) is 0 Å². The number of alkyl halides is 3. The molecule has 5 rings (SSSR count). The van der Waals surface area contributed by atoms with Gasteiger partial charge in [-0.05, 0) is 37.6 Å². The van der Waals surface area contributed by atoms with Crippen LogP contribution in [0.3, 0.4) is 0 Å². The van der Waals surface area contributed by atoms with Crippen molar-refractivity contribution in [2.24, 2.45) is 0 Å². The number of fused-ring (bicyclic) bond motifs is 2. The molecule has 1 amide bonds. The highest BCUT2D eigenvalue weighted by molar-refractivity contribution is 6.30. The van der Waals surface area contributed by atoms with Gasteiger partial charge < -0.3 is 15.5 Å². The summed E-state index contributed by atoms with van der Waals surface area (Å²) >= 11 is 6.13. The molecule has 0 saturated heterocycles. The second-order valence-corrected chi connectivity index (χ2v) is 8.83. The van der Waals surface area contributed by atoms with Gasteiger partial charge in [0.1, 0.15) is 28.6 Å². The van der Waals surface area contributed by atoms with Gasteiger partial charge in [-0.15, -0.1) is 0 Å². The van der Waals surface area contributed by atoms with Crippen LogP contribution in [0.15, 0.2) is 42.7 Å². The predicted octanol–water partition coefficient (Wildman–Crippen LogP) is 4.57. The van der Waals surface area contributed by atoms with Crippen LogP contribution < -0.4 is 11.1 Å². The smallest absolute Gasteiger partial charge is 0.383 e. The molecular formula is C23H19ClF3N7O. The lowest BCUT2D eigenvalue weighted by Crippen LogP contribution is -2.33. The summed E-state index contributed by atoms with van der Waals surface area (Å²) in [5.41, 5.74) is 6.91. The molecule has 5 heterocycles. The zero-order valence-electron chi connectivity index (χ0n) is 18.4. The number of halogens is 4. The minimum Gasteiger partial charge on any atom is -0.383 e. The third-order valence-corrected chi connectivity index (χ3v) is 6.27. The van der Waals surface area contributed by atoms with Gasteiger partial charge in [-0.3, -0.25) is 9.78 Å². The summed E-state index contributed by atoms with van der Waals surface area (Å²) in [6, 6.07) is 8.56. The first kappa shape index (κ1) is 23.0. The van der Waals surface area contributed by atoms with Crippen molar-refractivity contribution in [1.82, 2.24) is 24.3 Å². The molecule has 0 saturated carbocycles. The fourth-order valence-electron chi connectivity index (χ4n) is 4.33. The molecule has 1 atom stereocenters. The molecule has 0 bridgehead atoms. The average molecular weight is 502 g/mol. The third-order valence-electron chi connectivity index (χ3n) is 6.05. The molecule has 1 aliphatic rings. The van der Waals surface area contributed by atoms with Gasteiger partial charge in [0.25, 0.3) is 0 Å². The van der Waals surface area contributed by atoms with Crippen molar-refractivity contribution in [2.75, 3.05) is 11.1 Å². The SMILES string of the molecule is CC1(c2ccccn2)C(=O)Nc2nc(-c3nc(CCCC(F)(F)F)n4cc(Cl)ccc34)nc(N)c21. The molecule has 1 aliphatic heterocycles. The summed E-state index contributed by atoms with van der Waals surface area (Å²) in [5.74, 6) is 0.476. The van der Waals surface area contributed by atoms with E-state index < -0.39 is 18.0 Å². The van der Waals surface area contributed by atoms with Crippen molar-refractivity contribution in [3.8, 4) is 11.5 Å². The minimum absolute atomic E-state index is 0.0654. The highest BCUT2D eigenvalue weighted by Gasteiger charge is 2.48. The van der Waals surface area contributed by atoms with E-state index in [4.69, 9.17) is 17.3 Å². The van der Waals surface area contributed by atoms with Crippen LogP contribution in [0.2, 0.25) is 5.02 Å². The highest BCUT2D eigenvalue weighted by atomic mass is 35.5. The first-order valence-electron chi connectivity index (χ1n) is 10.7. The summed E-state index contributed by atoms with van der Waals surface area (Å²) in [6.45, 7) is 1.70. The number of carbonyl (C=O) groups is 1. The molecule has 0 spiro atoms. The van der Waals surface area contributed by atoms with E-state index in [0.29, 0.717) is 33.3 Å². The number of nitrogen functional groups attached to an aromatic ring is 1. The largest absolute Gasteiger partial charge is 0.389 e. The quantitative estimate of drug-likeness (QED) is 0.414. The van der Waals surface area contributed by atoms with E-state index in [2.05, 4.69) is 25.3 Å². The number of aromatic nitrogens is 5. The average Bonchev–Trinajstić information content (AvgIpc) is 3.28. The van der Waals surface area contributed by atoms with Gasteiger partial charge in [0.15, 0.2) is 5.82 Å². The van der Waals surface area contributed by atoms with E-state index in [-0.39, 0.29) is 36.2 Å². The number of amides is 1. The van der Waals surface area contributed by atoms with E-state index in [9.17, 15) is 18.0 Å². The third kappa shape index (κ3) is 3.95. The molecule has 35 heavy (non-hydrogen) atoms. The Morgan fingerprint density at radius 1 is 1.17 bits per heavy atom. The molecule has 3 N–H and O–H groups in total. The van der Waals surface area contributed by atoms with Crippen LogP contribution in [0.1, 0.15) is 36.8 Å². The first-order valence-corrected chi connectivity index (χ1v) is 11.1. The van der Waals surface area contributed by atoms with E-state index >= 15 is 0 Å². The summed E-state index contributed by atoms with van der Waals surface area (Å²) in [5, 5.41) is 3.16. The van der Waals surface area contributed by atoms with Crippen LogP contribution >= 0.6 is 11.6 Å². The van der Waals surface area contributed by atoms with Crippen molar-refractivity contribution in [1.29, 1.82) is 0 Å². The zero-order valence-corrected chi connectivity index (χ0v) is 19.2. The van der Waals surface area contributed by atoms with Crippen LogP contribution in [-0.4, -0.2) is 36.4 Å². The zero-order chi connectivity index (χ0) is 25.0. The number of carbonyl (C=O) groups excluding carboxylic acids is 1. The number of nitrogens with two attached hydrogens (primary N) is 1. The molecule has 12 heteroatoms. The van der Waals surface area contributed by atoms with Gasteiger partial charge in [0, 0.05) is 25.2 Å². The minimum atomic E-state index is -4.26. The van der Waals surface area contributed by atoms with Crippen molar-refractivity contribution in [3.63, 3.8) is 0 Å². The molecule has 1 unspecified atom stereocenters. The Hall–Kier alpha value is -3.73. The second-order valence-electron chi connectivity index (χ2n) is 8.40. The molecule has 4 aromatic rings. The maximum absolute atomic E-state index is 13.0. The normalized spacial score (nSPS) is 17.6. The molecule has 8 nitrogen and oxygen atoms in total. The fourth-order valence-corrected chi connectivity index (χ4v) is 4.49. The lowest BCUT2D eigenvalue weighted by atomic mass is 9.81. The highest BCUT2D eigenvalue weighted by Crippen LogP contribution is 2.44. The number of imidazole rings is 1. The summed E-state index contributed by atoms with van der Waals surface area (Å²) in [7, 11) is 0. The summed E-state index contributed by atoms with van der Waals surface area (Å²) in [6.07, 6.45) is -2.11. The number of aryl methyl sites for hydroxylation is 1. The number of hydrogen-bond donors (Lipinski definition) is 2. The Balaban J connectivity index is 1.60. The molecule has 0 aliphatic carbocycles. The number of pyridine rings is 2. The van der Waals surface area contributed by atoms with Gasteiger partial charge in [-0.1, -0.05) is 17.7 Å². The number of rotatable bonds is 5. The number of nitrogens with zero attached hydrogens (tertiary/aromatic N) is 5. The van der Waals surface area contributed by atoms with Gasteiger partial charge in [-0.25, -0.2) is 15.0 Å². The van der Waals surface area contributed by atoms with Crippen molar-refractivity contribution < 1.29 is 18.0 Å². The van der Waals surface area contributed by atoms with Gasteiger partial charge in [0.05, 0.1) is 21.8 Å².